The summed E-state index contributed by atoms with van der Waals surface area (Å²) in [4.78, 5) is 0. The minimum atomic E-state index is -2.94. The van der Waals surface area contributed by atoms with Crippen LogP contribution in [0, 0.1) is 5.41 Å². The zero-order valence-electron chi connectivity index (χ0n) is 8.99. The highest BCUT2D eigenvalue weighted by Crippen LogP contribution is 2.41. The molecule has 1 atom stereocenters. The zero-order valence-corrected chi connectivity index (χ0v) is 9.81. The first-order valence-corrected chi connectivity index (χ1v) is 7.25. The third-order valence-corrected chi connectivity index (χ3v) is 4.29. The maximum atomic E-state index is 10.9. The summed E-state index contributed by atoms with van der Waals surface area (Å²) >= 11 is 0. The molecule has 0 amide bonds. The molecule has 0 spiro atoms. The Morgan fingerprint density at radius 1 is 1.36 bits per heavy atom. The van der Waals surface area contributed by atoms with E-state index in [1.807, 2.05) is 0 Å². The molecule has 1 rings (SSSR count). The summed E-state index contributed by atoms with van der Waals surface area (Å²) in [6.45, 7) is 2.06. The molecule has 84 valence electrons. The van der Waals surface area contributed by atoms with Crippen LogP contribution in [0.25, 0.3) is 0 Å². The van der Waals surface area contributed by atoms with Gasteiger partial charge in [-0.1, -0.05) is 19.8 Å². The van der Waals surface area contributed by atoms with Gasteiger partial charge in [-0.25, -0.2) is 8.42 Å². The highest BCUT2D eigenvalue weighted by atomic mass is 32.2. The van der Waals surface area contributed by atoms with Gasteiger partial charge in [-0.05, 0) is 24.7 Å². The van der Waals surface area contributed by atoms with Gasteiger partial charge in [-0.2, -0.15) is 0 Å². The predicted molar refractivity (Wildman–Crippen MR) is 56.9 cm³/mol. The van der Waals surface area contributed by atoms with Crippen molar-refractivity contribution < 1.29 is 13.5 Å². The fourth-order valence-electron chi connectivity index (χ4n) is 2.19. The summed E-state index contributed by atoms with van der Waals surface area (Å²) in [5, 5.41) is 9.91. The SMILES string of the molecule is CC1(C(O)CCS(C)(=O)=O)CCCC1. The van der Waals surface area contributed by atoms with Crippen molar-refractivity contribution in [3.05, 3.63) is 0 Å². The van der Waals surface area contributed by atoms with E-state index in [0.29, 0.717) is 6.42 Å². The van der Waals surface area contributed by atoms with E-state index in [-0.39, 0.29) is 11.2 Å². The van der Waals surface area contributed by atoms with Crippen molar-refractivity contribution in [1.29, 1.82) is 0 Å². The summed E-state index contributed by atoms with van der Waals surface area (Å²) in [6, 6.07) is 0. The highest BCUT2D eigenvalue weighted by molar-refractivity contribution is 7.90. The van der Waals surface area contributed by atoms with Crippen LogP contribution < -0.4 is 0 Å². The van der Waals surface area contributed by atoms with E-state index < -0.39 is 15.9 Å². The lowest BCUT2D eigenvalue weighted by Crippen LogP contribution is -2.31. The van der Waals surface area contributed by atoms with Crippen LogP contribution in [-0.2, 0) is 9.84 Å². The Labute approximate surface area is 86.4 Å². The molecule has 1 unspecified atom stereocenters. The van der Waals surface area contributed by atoms with Gasteiger partial charge in [0.05, 0.1) is 11.9 Å². The monoisotopic (exact) mass is 220 g/mol. The Bertz CT molecular complexity index is 276. The van der Waals surface area contributed by atoms with Crippen LogP contribution in [0.5, 0.6) is 0 Å². The summed E-state index contributed by atoms with van der Waals surface area (Å²) in [5.74, 6) is 0.101. The van der Waals surface area contributed by atoms with E-state index >= 15 is 0 Å². The minimum Gasteiger partial charge on any atom is -0.393 e. The highest BCUT2D eigenvalue weighted by Gasteiger charge is 2.35. The fourth-order valence-corrected chi connectivity index (χ4v) is 2.84. The Morgan fingerprint density at radius 3 is 2.29 bits per heavy atom. The largest absolute Gasteiger partial charge is 0.393 e. The van der Waals surface area contributed by atoms with Crippen LogP contribution in [0.15, 0.2) is 0 Å². The molecule has 1 aliphatic rings. The Morgan fingerprint density at radius 2 is 1.86 bits per heavy atom. The normalized spacial score (nSPS) is 23.6. The van der Waals surface area contributed by atoms with Gasteiger partial charge in [0.15, 0.2) is 0 Å². The fraction of sp³-hybridized carbons (Fsp3) is 1.00. The molecule has 14 heavy (non-hydrogen) atoms. The van der Waals surface area contributed by atoms with E-state index in [4.69, 9.17) is 0 Å². The van der Waals surface area contributed by atoms with Gasteiger partial charge in [-0.15, -0.1) is 0 Å². The van der Waals surface area contributed by atoms with Gasteiger partial charge in [0.1, 0.15) is 9.84 Å². The standard InChI is InChI=1S/C10H20O3S/c1-10(6-3-4-7-10)9(11)5-8-14(2,12)13/h9,11H,3-8H2,1-2H3. The van der Waals surface area contributed by atoms with Crippen molar-refractivity contribution >= 4 is 9.84 Å². The first-order valence-electron chi connectivity index (χ1n) is 5.19. The van der Waals surface area contributed by atoms with Gasteiger partial charge in [0.25, 0.3) is 0 Å². The van der Waals surface area contributed by atoms with E-state index in [1.165, 1.54) is 6.26 Å². The van der Waals surface area contributed by atoms with Gasteiger partial charge in [-0.3, -0.25) is 0 Å². The summed E-state index contributed by atoms with van der Waals surface area (Å²) in [6.07, 6.45) is 5.51. The minimum absolute atomic E-state index is 0.0370. The molecule has 1 saturated carbocycles. The Kier molecular flexibility index (Phi) is 3.58. The van der Waals surface area contributed by atoms with Crippen LogP contribution in [0.1, 0.15) is 39.0 Å². The number of aliphatic hydroxyl groups excluding tert-OH is 1. The molecule has 0 aromatic rings. The van der Waals surface area contributed by atoms with Gasteiger partial charge < -0.3 is 5.11 Å². The van der Waals surface area contributed by atoms with Crippen molar-refractivity contribution in [2.24, 2.45) is 5.41 Å². The number of sulfone groups is 1. The Balaban J connectivity index is 2.45. The molecule has 1 aliphatic carbocycles. The van der Waals surface area contributed by atoms with E-state index in [2.05, 4.69) is 6.92 Å². The predicted octanol–water partition coefficient (Wildman–Crippen LogP) is 1.36. The number of hydrogen-bond acceptors (Lipinski definition) is 3. The van der Waals surface area contributed by atoms with Crippen LogP contribution in [0.4, 0.5) is 0 Å². The molecule has 0 radical (unpaired) electrons. The van der Waals surface area contributed by atoms with Crippen molar-refractivity contribution in [3.63, 3.8) is 0 Å². The lowest BCUT2D eigenvalue weighted by molar-refractivity contribution is 0.0397. The molecule has 0 aliphatic heterocycles. The topological polar surface area (TPSA) is 54.4 Å². The van der Waals surface area contributed by atoms with E-state index in [9.17, 15) is 13.5 Å². The average Bonchev–Trinajstić information content (AvgIpc) is 2.48. The van der Waals surface area contributed by atoms with E-state index in [0.717, 1.165) is 25.7 Å². The maximum absolute atomic E-state index is 10.9. The molecular weight excluding hydrogens is 200 g/mol. The zero-order chi connectivity index (χ0) is 10.8. The summed E-state index contributed by atoms with van der Waals surface area (Å²) in [5.41, 5.74) is -0.0370. The first kappa shape index (κ1) is 12.0. The van der Waals surface area contributed by atoms with Crippen molar-refractivity contribution in [2.75, 3.05) is 12.0 Å². The van der Waals surface area contributed by atoms with Gasteiger partial charge >= 0.3 is 0 Å². The third-order valence-electron chi connectivity index (χ3n) is 3.31. The summed E-state index contributed by atoms with van der Waals surface area (Å²) < 4.78 is 21.9. The number of hydrogen-bond donors (Lipinski definition) is 1. The second-order valence-electron chi connectivity index (χ2n) is 4.80. The van der Waals surface area contributed by atoms with Gasteiger partial charge in [0.2, 0.25) is 0 Å². The maximum Gasteiger partial charge on any atom is 0.147 e. The summed E-state index contributed by atoms with van der Waals surface area (Å²) in [7, 11) is -2.94. The van der Waals surface area contributed by atoms with Crippen LogP contribution in [-0.4, -0.2) is 31.6 Å². The van der Waals surface area contributed by atoms with Gasteiger partial charge in [0, 0.05) is 6.26 Å². The average molecular weight is 220 g/mol. The molecule has 3 nitrogen and oxygen atoms in total. The number of rotatable bonds is 4. The lowest BCUT2D eigenvalue weighted by Gasteiger charge is -2.29. The first-order chi connectivity index (χ1) is 6.33. The molecule has 0 aromatic carbocycles. The van der Waals surface area contributed by atoms with E-state index in [1.54, 1.807) is 0 Å². The Hall–Kier alpha value is -0.0900. The van der Waals surface area contributed by atoms with Crippen molar-refractivity contribution in [3.8, 4) is 0 Å². The third kappa shape index (κ3) is 3.24. The second kappa shape index (κ2) is 4.19. The molecule has 0 saturated heterocycles. The van der Waals surface area contributed by atoms with Crippen molar-refractivity contribution in [2.45, 2.75) is 45.1 Å². The van der Waals surface area contributed by atoms with Crippen LogP contribution in [0.3, 0.4) is 0 Å². The van der Waals surface area contributed by atoms with Crippen molar-refractivity contribution in [1.82, 2.24) is 0 Å². The lowest BCUT2D eigenvalue weighted by atomic mass is 9.81. The molecule has 0 aromatic heterocycles. The van der Waals surface area contributed by atoms with Crippen LogP contribution >= 0.6 is 0 Å². The molecule has 0 bridgehead atoms. The molecule has 1 fully saturated rings. The molecule has 1 N–H and O–H groups in total. The van der Waals surface area contributed by atoms with Crippen LogP contribution in [0.2, 0.25) is 0 Å². The second-order valence-corrected chi connectivity index (χ2v) is 7.06. The molecule has 0 heterocycles. The quantitative estimate of drug-likeness (QED) is 0.778. The molecular formula is C10H20O3S. The number of aliphatic hydroxyl groups is 1. The smallest absolute Gasteiger partial charge is 0.147 e. The molecule has 4 heteroatoms.